The molecule has 4 nitrogen and oxygen atoms in total. The van der Waals surface area contributed by atoms with E-state index in [-0.39, 0.29) is 0 Å². The molecule has 0 radical (unpaired) electrons. The number of methoxy groups -OCH3 is 1. The topological polar surface area (TPSA) is 39.7 Å². The summed E-state index contributed by atoms with van der Waals surface area (Å²) in [5.74, 6) is 1.90. The van der Waals surface area contributed by atoms with E-state index in [0.29, 0.717) is 47.1 Å². The van der Waals surface area contributed by atoms with Crippen LogP contribution < -0.4 is 19.5 Å². The van der Waals surface area contributed by atoms with Crippen LogP contribution in [-0.4, -0.2) is 20.3 Å². The number of hydrogen-bond donors (Lipinski definition) is 1. The molecular formula is C19H23Cl2NO3. The Kier molecular flexibility index (Phi) is 7.53. The first-order chi connectivity index (χ1) is 12.1. The van der Waals surface area contributed by atoms with E-state index in [1.165, 1.54) is 0 Å². The molecule has 0 amide bonds. The summed E-state index contributed by atoms with van der Waals surface area (Å²) in [5.41, 5.74) is 1.88. The average molecular weight is 384 g/mol. The van der Waals surface area contributed by atoms with Gasteiger partial charge in [-0.25, -0.2) is 0 Å². The molecule has 0 aliphatic heterocycles. The fourth-order valence-corrected chi connectivity index (χ4v) is 2.86. The van der Waals surface area contributed by atoms with Crippen LogP contribution in [0.1, 0.15) is 25.8 Å². The summed E-state index contributed by atoms with van der Waals surface area (Å²) in [6.45, 7) is 5.70. The molecule has 25 heavy (non-hydrogen) atoms. The van der Waals surface area contributed by atoms with Crippen molar-refractivity contribution in [1.29, 1.82) is 0 Å². The fourth-order valence-electron chi connectivity index (χ4n) is 2.31. The van der Waals surface area contributed by atoms with Gasteiger partial charge in [0.15, 0.2) is 11.5 Å². The van der Waals surface area contributed by atoms with Crippen LogP contribution in [0.5, 0.6) is 17.2 Å². The molecule has 0 saturated heterocycles. The van der Waals surface area contributed by atoms with Crippen LogP contribution in [0.25, 0.3) is 0 Å². The first-order valence-corrected chi connectivity index (χ1v) is 9.00. The Balaban J connectivity index is 2.14. The zero-order valence-electron chi connectivity index (χ0n) is 14.7. The first-order valence-electron chi connectivity index (χ1n) is 8.24. The third-order valence-electron chi connectivity index (χ3n) is 3.47. The monoisotopic (exact) mass is 383 g/mol. The van der Waals surface area contributed by atoms with Crippen LogP contribution in [0.3, 0.4) is 0 Å². The number of benzene rings is 2. The number of anilines is 1. The lowest BCUT2D eigenvalue weighted by molar-refractivity contribution is 0.277. The van der Waals surface area contributed by atoms with Crippen molar-refractivity contribution in [3.8, 4) is 17.2 Å². The van der Waals surface area contributed by atoms with Crippen molar-refractivity contribution in [2.45, 2.75) is 26.8 Å². The van der Waals surface area contributed by atoms with Gasteiger partial charge < -0.3 is 19.5 Å². The SMILES string of the molecule is CCCOc1c(Cl)cc(CNc2ccc(OC)c(Cl)c2)cc1OCC. The minimum atomic E-state index is 0.545. The Morgan fingerprint density at radius 1 is 0.960 bits per heavy atom. The Labute approximate surface area is 159 Å². The molecule has 0 unspecified atom stereocenters. The fraction of sp³-hybridized carbons (Fsp3) is 0.368. The number of ether oxygens (including phenoxy) is 3. The first kappa shape index (κ1) is 19.5. The van der Waals surface area contributed by atoms with Crippen molar-refractivity contribution in [3.05, 3.63) is 45.9 Å². The van der Waals surface area contributed by atoms with E-state index in [2.05, 4.69) is 5.32 Å². The third-order valence-corrected chi connectivity index (χ3v) is 4.04. The molecule has 0 aromatic heterocycles. The smallest absolute Gasteiger partial charge is 0.179 e. The van der Waals surface area contributed by atoms with E-state index in [1.807, 2.05) is 44.2 Å². The molecule has 0 saturated carbocycles. The molecule has 0 bridgehead atoms. The Bertz CT molecular complexity index is 707. The molecule has 0 aliphatic rings. The minimum absolute atomic E-state index is 0.545. The predicted octanol–water partition coefficient (Wildman–Crippen LogP) is 5.80. The maximum absolute atomic E-state index is 6.38. The molecule has 0 spiro atoms. The summed E-state index contributed by atoms with van der Waals surface area (Å²) in [5, 5.41) is 4.42. The van der Waals surface area contributed by atoms with Crippen LogP contribution in [0.15, 0.2) is 30.3 Å². The van der Waals surface area contributed by atoms with Gasteiger partial charge >= 0.3 is 0 Å². The summed E-state index contributed by atoms with van der Waals surface area (Å²) in [6.07, 6.45) is 0.906. The Morgan fingerprint density at radius 3 is 2.40 bits per heavy atom. The van der Waals surface area contributed by atoms with Gasteiger partial charge in [0, 0.05) is 12.2 Å². The van der Waals surface area contributed by atoms with E-state index in [9.17, 15) is 0 Å². The highest BCUT2D eigenvalue weighted by Crippen LogP contribution is 2.37. The van der Waals surface area contributed by atoms with Crippen molar-refractivity contribution in [2.75, 3.05) is 25.6 Å². The van der Waals surface area contributed by atoms with Crippen LogP contribution in [0, 0.1) is 0 Å². The molecule has 1 N–H and O–H groups in total. The highest BCUT2D eigenvalue weighted by Gasteiger charge is 2.12. The molecule has 136 valence electrons. The molecular weight excluding hydrogens is 361 g/mol. The van der Waals surface area contributed by atoms with Gasteiger partial charge in [0.25, 0.3) is 0 Å². The number of nitrogens with one attached hydrogen (secondary N) is 1. The largest absolute Gasteiger partial charge is 0.495 e. The van der Waals surface area contributed by atoms with E-state index >= 15 is 0 Å². The van der Waals surface area contributed by atoms with Gasteiger partial charge in [0.05, 0.1) is 30.4 Å². The molecule has 6 heteroatoms. The molecule has 0 heterocycles. The normalized spacial score (nSPS) is 10.4. The van der Waals surface area contributed by atoms with Crippen LogP contribution in [-0.2, 0) is 6.54 Å². The quantitative estimate of drug-likeness (QED) is 0.593. The van der Waals surface area contributed by atoms with Crippen molar-refractivity contribution in [3.63, 3.8) is 0 Å². The van der Waals surface area contributed by atoms with Crippen molar-refractivity contribution >= 4 is 28.9 Å². The van der Waals surface area contributed by atoms with Crippen LogP contribution in [0.4, 0.5) is 5.69 Å². The van der Waals surface area contributed by atoms with E-state index in [1.54, 1.807) is 7.11 Å². The average Bonchev–Trinajstić information content (AvgIpc) is 2.59. The molecule has 0 atom stereocenters. The molecule has 2 rings (SSSR count). The van der Waals surface area contributed by atoms with Crippen LogP contribution in [0.2, 0.25) is 10.0 Å². The predicted molar refractivity (Wildman–Crippen MR) is 104 cm³/mol. The maximum atomic E-state index is 6.38. The zero-order chi connectivity index (χ0) is 18.2. The lowest BCUT2D eigenvalue weighted by Crippen LogP contribution is -2.04. The van der Waals surface area contributed by atoms with Gasteiger partial charge in [0.1, 0.15) is 5.75 Å². The van der Waals surface area contributed by atoms with Crippen LogP contribution >= 0.6 is 23.2 Å². The number of hydrogen-bond acceptors (Lipinski definition) is 4. The zero-order valence-corrected chi connectivity index (χ0v) is 16.2. The summed E-state index contributed by atoms with van der Waals surface area (Å²) < 4.78 is 16.6. The molecule has 2 aromatic rings. The van der Waals surface area contributed by atoms with Crippen molar-refractivity contribution in [2.24, 2.45) is 0 Å². The Hall–Kier alpha value is -1.78. The van der Waals surface area contributed by atoms with Gasteiger partial charge in [-0.15, -0.1) is 0 Å². The van der Waals surface area contributed by atoms with Gasteiger partial charge in [-0.2, -0.15) is 0 Å². The lowest BCUT2D eigenvalue weighted by atomic mass is 10.2. The lowest BCUT2D eigenvalue weighted by Gasteiger charge is -2.15. The Morgan fingerprint density at radius 2 is 1.76 bits per heavy atom. The standard InChI is InChI=1S/C19H23Cl2NO3/c1-4-8-25-19-16(21)9-13(10-18(19)24-5-2)12-22-14-6-7-17(23-3)15(20)11-14/h6-7,9-11,22H,4-5,8,12H2,1-3H3. The highest BCUT2D eigenvalue weighted by atomic mass is 35.5. The van der Waals surface area contributed by atoms with Gasteiger partial charge in [-0.3, -0.25) is 0 Å². The second-order valence-corrected chi connectivity index (χ2v) is 6.20. The number of rotatable bonds is 9. The second-order valence-electron chi connectivity index (χ2n) is 5.39. The third kappa shape index (κ3) is 5.35. The van der Waals surface area contributed by atoms with Crippen molar-refractivity contribution in [1.82, 2.24) is 0 Å². The molecule has 0 fully saturated rings. The van der Waals surface area contributed by atoms with Gasteiger partial charge in [-0.05, 0) is 49.2 Å². The summed E-state index contributed by atoms with van der Waals surface area (Å²) in [4.78, 5) is 0. The van der Waals surface area contributed by atoms with Gasteiger partial charge in [0.2, 0.25) is 0 Å². The minimum Gasteiger partial charge on any atom is -0.495 e. The highest BCUT2D eigenvalue weighted by molar-refractivity contribution is 6.32. The summed E-state index contributed by atoms with van der Waals surface area (Å²) in [6, 6.07) is 9.38. The second kappa shape index (κ2) is 9.64. The van der Waals surface area contributed by atoms with E-state index in [0.717, 1.165) is 17.7 Å². The van der Waals surface area contributed by atoms with E-state index < -0.39 is 0 Å². The molecule has 0 aliphatic carbocycles. The summed E-state index contributed by atoms with van der Waals surface area (Å²) in [7, 11) is 1.59. The van der Waals surface area contributed by atoms with Gasteiger partial charge in [-0.1, -0.05) is 30.1 Å². The molecule has 2 aromatic carbocycles. The maximum Gasteiger partial charge on any atom is 0.179 e. The summed E-state index contributed by atoms with van der Waals surface area (Å²) >= 11 is 12.5. The van der Waals surface area contributed by atoms with E-state index in [4.69, 9.17) is 37.4 Å². The van der Waals surface area contributed by atoms with Crippen molar-refractivity contribution < 1.29 is 14.2 Å². The number of halogens is 2.